The van der Waals surface area contributed by atoms with Crippen LogP contribution in [0.5, 0.6) is 17.2 Å². The van der Waals surface area contributed by atoms with Crippen LogP contribution in [0, 0.1) is 5.82 Å². The Balaban J connectivity index is 1.96. The summed E-state index contributed by atoms with van der Waals surface area (Å²) < 4.78 is 29.3. The SMILES string of the molecule is CCOc1ccc(NC(=O)COc2cccc(F)c2)cc1OCC. The van der Waals surface area contributed by atoms with Crippen molar-refractivity contribution in [2.45, 2.75) is 13.8 Å². The molecule has 0 saturated heterocycles. The van der Waals surface area contributed by atoms with Crippen molar-refractivity contribution >= 4 is 11.6 Å². The van der Waals surface area contributed by atoms with Gasteiger partial charge in [0.1, 0.15) is 11.6 Å². The summed E-state index contributed by atoms with van der Waals surface area (Å²) in [5, 5.41) is 2.70. The van der Waals surface area contributed by atoms with E-state index in [9.17, 15) is 9.18 Å². The van der Waals surface area contributed by atoms with Crippen LogP contribution >= 0.6 is 0 Å². The summed E-state index contributed by atoms with van der Waals surface area (Å²) in [5.74, 6) is 0.704. The van der Waals surface area contributed by atoms with E-state index in [1.807, 2.05) is 13.8 Å². The Hall–Kier alpha value is -2.76. The first-order valence-corrected chi connectivity index (χ1v) is 7.70. The molecule has 0 fully saturated rings. The Kier molecular flexibility index (Phi) is 6.42. The van der Waals surface area contributed by atoms with Gasteiger partial charge in [-0.2, -0.15) is 0 Å². The smallest absolute Gasteiger partial charge is 0.262 e. The van der Waals surface area contributed by atoms with Crippen molar-refractivity contribution in [2.24, 2.45) is 0 Å². The molecule has 5 nitrogen and oxygen atoms in total. The standard InChI is InChI=1S/C18H20FNO4/c1-3-22-16-9-8-14(11-17(16)23-4-2)20-18(21)12-24-15-7-5-6-13(19)10-15/h5-11H,3-4,12H2,1-2H3,(H,20,21). The van der Waals surface area contributed by atoms with Crippen LogP contribution in [0.1, 0.15) is 13.8 Å². The first-order valence-electron chi connectivity index (χ1n) is 7.70. The zero-order valence-electron chi connectivity index (χ0n) is 13.7. The number of halogens is 1. The van der Waals surface area contributed by atoms with Gasteiger partial charge in [0.15, 0.2) is 18.1 Å². The van der Waals surface area contributed by atoms with E-state index >= 15 is 0 Å². The minimum atomic E-state index is -0.416. The maximum Gasteiger partial charge on any atom is 0.262 e. The Labute approximate surface area is 140 Å². The highest BCUT2D eigenvalue weighted by atomic mass is 19.1. The van der Waals surface area contributed by atoms with Crippen LogP contribution < -0.4 is 19.5 Å². The van der Waals surface area contributed by atoms with Gasteiger partial charge in [-0.15, -0.1) is 0 Å². The minimum Gasteiger partial charge on any atom is -0.490 e. The highest BCUT2D eigenvalue weighted by Crippen LogP contribution is 2.30. The predicted octanol–water partition coefficient (Wildman–Crippen LogP) is 3.64. The fourth-order valence-corrected chi connectivity index (χ4v) is 2.03. The minimum absolute atomic E-state index is 0.222. The van der Waals surface area contributed by atoms with Crippen LogP contribution in [0.25, 0.3) is 0 Å². The van der Waals surface area contributed by atoms with E-state index < -0.39 is 5.82 Å². The summed E-state index contributed by atoms with van der Waals surface area (Å²) >= 11 is 0. The average molecular weight is 333 g/mol. The van der Waals surface area contributed by atoms with Crippen molar-refractivity contribution in [1.82, 2.24) is 0 Å². The molecule has 0 aliphatic rings. The quantitative estimate of drug-likeness (QED) is 0.801. The molecule has 0 bridgehead atoms. The molecule has 0 aromatic heterocycles. The first kappa shape index (κ1) is 17.6. The summed E-state index contributed by atoms with van der Waals surface area (Å²) in [6.45, 7) is 4.54. The third-order valence-corrected chi connectivity index (χ3v) is 2.99. The maximum atomic E-state index is 13.0. The average Bonchev–Trinajstić information content (AvgIpc) is 2.56. The number of carbonyl (C=O) groups excluding carboxylic acids is 1. The molecule has 2 aromatic rings. The summed E-state index contributed by atoms with van der Waals surface area (Å²) in [4.78, 5) is 11.9. The molecule has 2 rings (SSSR count). The lowest BCUT2D eigenvalue weighted by Crippen LogP contribution is -2.20. The van der Waals surface area contributed by atoms with Gasteiger partial charge in [0.2, 0.25) is 0 Å². The van der Waals surface area contributed by atoms with Crippen LogP contribution in [0.15, 0.2) is 42.5 Å². The van der Waals surface area contributed by atoms with Crippen molar-refractivity contribution in [3.8, 4) is 17.2 Å². The van der Waals surface area contributed by atoms with Gasteiger partial charge in [-0.25, -0.2) is 4.39 Å². The van der Waals surface area contributed by atoms with Crippen LogP contribution in [-0.4, -0.2) is 25.7 Å². The van der Waals surface area contributed by atoms with Crippen LogP contribution in [-0.2, 0) is 4.79 Å². The van der Waals surface area contributed by atoms with Gasteiger partial charge in [0.05, 0.1) is 13.2 Å². The van der Waals surface area contributed by atoms with Gasteiger partial charge in [-0.05, 0) is 38.1 Å². The third-order valence-electron chi connectivity index (χ3n) is 2.99. The molecule has 24 heavy (non-hydrogen) atoms. The molecule has 128 valence electrons. The van der Waals surface area contributed by atoms with Crippen molar-refractivity contribution in [2.75, 3.05) is 25.1 Å². The lowest BCUT2D eigenvalue weighted by Gasteiger charge is -2.13. The number of carbonyl (C=O) groups is 1. The molecule has 1 N–H and O–H groups in total. The first-order chi connectivity index (χ1) is 11.6. The highest BCUT2D eigenvalue weighted by Gasteiger charge is 2.09. The molecule has 1 amide bonds. The second-order valence-corrected chi connectivity index (χ2v) is 4.82. The second kappa shape index (κ2) is 8.76. The zero-order valence-corrected chi connectivity index (χ0v) is 13.7. The topological polar surface area (TPSA) is 56.8 Å². The highest BCUT2D eigenvalue weighted by molar-refractivity contribution is 5.92. The molecular weight excluding hydrogens is 313 g/mol. The molecule has 0 radical (unpaired) electrons. The number of anilines is 1. The lowest BCUT2D eigenvalue weighted by molar-refractivity contribution is -0.118. The van der Waals surface area contributed by atoms with E-state index in [-0.39, 0.29) is 12.5 Å². The molecule has 0 atom stereocenters. The van der Waals surface area contributed by atoms with E-state index in [1.165, 1.54) is 18.2 Å². The molecule has 0 aliphatic carbocycles. The Morgan fingerprint density at radius 1 is 1.00 bits per heavy atom. The largest absolute Gasteiger partial charge is 0.490 e. The molecule has 0 saturated carbocycles. The summed E-state index contributed by atoms with van der Waals surface area (Å²) in [5.41, 5.74) is 0.565. The van der Waals surface area contributed by atoms with Gasteiger partial charge in [0.25, 0.3) is 5.91 Å². The van der Waals surface area contributed by atoms with Gasteiger partial charge in [-0.3, -0.25) is 4.79 Å². The summed E-state index contributed by atoms with van der Waals surface area (Å²) in [6, 6.07) is 10.8. The molecule has 0 aliphatic heterocycles. The number of nitrogens with one attached hydrogen (secondary N) is 1. The second-order valence-electron chi connectivity index (χ2n) is 4.82. The van der Waals surface area contributed by atoms with Crippen molar-refractivity contribution in [3.63, 3.8) is 0 Å². The van der Waals surface area contributed by atoms with E-state index in [0.29, 0.717) is 36.1 Å². The van der Waals surface area contributed by atoms with E-state index in [0.717, 1.165) is 0 Å². The van der Waals surface area contributed by atoms with Gasteiger partial charge in [0, 0.05) is 17.8 Å². The third kappa shape index (κ3) is 5.15. The fraction of sp³-hybridized carbons (Fsp3) is 0.278. The molecule has 2 aromatic carbocycles. The van der Waals surface area contributed by atoms with E-state index in [2.05, 4.69) is 5.32 Å². The van der Waals surface area contributed by atoms with Gasteiger partial charge < -0.3 is 19.5 Å². The number of benzene rings is 2. The summed E-state index contributed by atoms with van der Waals surface area (Å²) in [7, 11) is 0. The monoisotopic (exact) mass is 333 g/mol. The lowest BCUT2D eigenvalue weighted by atomic mass is 10.2. The van der Waals surface area contributed by atoms with Crippen molar-refractivity contribution in [1.29, 1.82) is 0 Å². The number of hydrogen-bond donors (Lipinski definition) is 1. The normalized spacial score (nSPS) is 10.1. The molecule has 0 spiro atoms. The Bertz CT molecular complexity index is 690. The van der Waals surface area contributed by atoms with E-state index in [4.69, 9.17) is 14.2 Å². The number of rotatable bonds is 8. The zero-order chi connectivity index (χ0) is 17.4. The molecule has 6 heteroatoms. The van der Waals surface area contributed by atoms with Crippen molar-refractivity contribution in [3.05, 3.63) is 48.3 Å². The molecule has 0 heterocycles. The van der Waals surface area contributed by atoms with Gasteiger partial charge in [-0.1, -0.05) is 6.07 Å². The van der Waals surface area contributed by atoms with Gasteiger partial charge >= 0.3 is 0 Å². The van der Waals surface area contributed by atoms with E-state index in [1.54, 1.807) is 24.3 Å². The molecule has 0 unspecified atom stereocenters. The Morgan fingerprint density at radius 2 is 1.75 bits per heavy atom. The van der Waals surface area contributed by atoms with Crippen LogP contribution in [0.3, 0.4) is 0 Å². The predicted molar refractivity (Wildman–Crippen MR) is 89.3 cm³/mol. The van der Waals surface area contributed by atoms with Crippen molar-refractivity contribution < 1.29 is 23.4 Å². The number of amides is 1. The maximum absolute atomic E-state index is 13.0. The van der Waals surface area contributed by atoms with Crippen LogP contribution in [0.4, 0.5) is 10.1 Å². The fourth-order valence-electron chi connectivity index (χ4n) is 2.03. The number of ether oxygens (including phenoxy) is 3. The summed E-state index contributed by atoms with van der Waals surface area (Å²) in [6.07, 6.45) is 0. The molecular formula is C18H20FNO4. The Morgan fingerprint density at radius 3 is 2.46 bits per heavy atom. The van der Waals surface area contributed by atoms with Crippen LogP contribution in [0.2, 0.25) is 0 Å². The number of hydrogen-bond acceptors (Lipinski definition) is 4.